The van der Waals surface area contributed by atoms with Crippen molar-refractivity contribution >= 4 is 11.7 Å². The van der Waals surface area contributed by atoms with Crippen LogP contribution in [-0.4, -0.2) is 23.1 Å². The molecule has 0 N–H and O–H groups in total. The Morgan fingerprint density at radius 1 is 1.11 bits per heavy atom. The third-order valence-electron chi connectivity index (χ3n) is 5.80. The highest BCUT2D eigenvalue weighted by Crippen LogP contribution is 2.47. The number of fused-ring (bicyclic) bond motifs is 1. The maximum Gasteiger partial charge on any atom is 0.237 e. The highest BCUT2D eigenvalue weighted by atomic mass is 19.1. The molecule has 2 aromatic rings. The molecule has 2 atom stereocenters. The van der Waals surface area contributed by atoms with Gasteiger partial charge < -0.3 is 4.90 Å². The van der Waals surface area contributed by atoms with Gasteiger partial charge in [0.05, 0.1) is 11.0 Å². The van der Waals surface area contributed by atoms with Crippen LogP contribution in [0.1, 0.15) is 24.0 Å². The molecule has 4 nitrogen and oxygen atoms in total. The zero-order valence-electron chi connectivity index (χ0n) is 15.3. The highest BCUT2D eigenvalue weighted by Gasteiger charge is 2.53. The normalized spacial score (nSPS) is 24.4. The molecule has 1 heterocycles. The quantitative estimate of drug-likeness (QED) is 0.826. The zero-order chi connectivity index (χ0) is 19.7. The van der Waals surface area contributed by atoms with Gasteiger partial charge in [0, 0.05) is 19.5 Å². The summed E-state index contributed by atoms with van der Waals surface area (Å²) in [4.78, 5) is 27.8. The lowest BCUT2D eigenvalue weighted by atomic mass is 9.60. The number of piperidine rings is 1. The second kappa shape index (κ2) is 7.05. The Balaban J connectivity index is 1.78. The summed E-state index contributed by atoms with van der Waals surface area (Å²) in [5, 5.41) is 9.43. The molecule has 0 aromatic heterocycles. The van der Waals surface area contributed by atoms with Crippen LogP contribution in [-0.2, 0) is 21.5 Å². The van der Waals surface area contributed by atoms with Crippen molar-refractivity contribution in [1.82, 2.24) is 4.90 Å². The van der Waals surface area contributed by atoms with Crippen LogP contribution in [0.2, 0.25) is 0 Å². The molecule has 0 radical (unpaired) electrons. The van der Waals surface area contributed by atoms with Crippen LogP contribution in [0.5, 0.6) is 0 Å². The van der Waals surface area contributed by atoms with Crippen LogP contribution in [0.3, 0.4) is 0 Å². The lowest BCUT2D eigenvalue weighted by Crippen LogP contribution is -2.57. The number of nitriles is 1. The number of halogens is 1. The fraction of sp³-hybridized carbons (Fsp3) is 0.261. The third-order valence-corrected chi connectivity index (χ3v) is 5.80. The number of carbonyl (C=O) groups excluding carboxylic acids is 2. The first-order valence-electron chi connectivity index (χ1n) is 9.30. The van der Waals surface area contributed by atoms with E-state index < -0.39 is 5.41 Å². The van der Waals surface area contributed by atoms with Crippen LogP contribution in [0.25, 0.3) is 0 Å². The minimum absolute atomic E-state index is 0.0529. The number of hydrogen-bond donors (Lipinski definition) is 0. The fourth-order valence-corrected chi connectivity index (χ4v) is 4.37. The van der Waals surface area contributed by atoms with E-state index in [2.05, 4.69) is 0 Å². The van der Waals surface area contributed by atoms with Crippen molar-refractivity contribution in [3.63, 3.8) is 0 Å². The molecule has 28 heavy (non-hydrogen) atoms. The maximum absolute atomic E-state index is 13.7. The van der Waals surface area contributed by atoms with Gasteiger partial charge in [-0.3, -0.25) is 9.59 Å². The first-order chi connectivity index (χ1) is 13.5. The minimum Gasteiger partial charge on any atom is -0.337 e. The third kappa shape index (κ3) is 2.91. The van der Waals surface area contributed by atoms with Gasteiger partial charge in [0.1, 0.15) is 11.9 Å². The van der Waals surface area contributed by atoms with Gasteiger partial charge in [-0.05, 0) is 41.7 Å². The second-order valence-corrected chi connectivity index (χ2v) is 7.37. The summed E-state index contributed by atoms with van der Waals surface area (Å²) >= 11 is 0. The predicted molar refractivity (Wildman–Crippen MR) is 101 cm³/mol. The van der Waals surface area contributed by atoms with Gasteiger partial charge in [-0.25, -0.2) is 4.39 Å². The Morgan fingerprint density at radius 3 is 2.50 bits per heavy atom. The molecule has 1 saturated heterocycles. The summed E-state index contributed by atoms with van der Waals surface area (Å²) in [6, 6.07) is 17.4. The molecule has 0 spiro atoms. The van der Waals surface area contributed by atoms with Crippen molar-refractivity contribution in [3.05, 3.63) is 83.2 Å². The fourth-order valence-electron chi connectivity index (χ4n) is 4.37. The number of likely N-dealkylation sites (tertiary alicyclic amines) is 1. The van der Waals surface area contributed by atoms with Crippen LogP contribution >= 0.6 is 0 Å². The van der Waals surface area contributed by atoms with E-state index in [1.165, 1.54) is 12.1 Å². The molecule has 1 fully saturated rings. The number of ketones is 1. The van der Waals surface area contributed by atoms with Crippen LogP contribution < -0.4 is 0 Å². The van der Waals surface area contributed by atoms with Gasteiger partial charge in [-0.15, -0.1) is 0 Å². The summed E-state index contributed by atoms with van der Waals surface area (Å²) in [5.41, 5.74) is 0.678. The van der Waals surface area contributed by atoms with E-state index in [0.29, 0.717) is 19.5 Å². The number of carbonyl (C=O) groups is 2. The topological polar surface area (TPSA) is 61.2 Å². The first-order valence-corrected chi connectivity index (χ1v) is 9.30. The summed E-state index contributed by atoms with van der Waals surface area (Å²) in [7, 11) is 0. The predicted octanol–water partition coefficient (Wildman–Crippen LogP) is 3.53. The van der Waals surface area contributed by atoms with Crippen molar-refractivity contribution in [2.75, 3.05) is 6.54 Å². The van der Waals surface area contributed by atoms with Gasteiger partial charge in [-0.1, -0.05) is 42.5 Å². The summed E-state index contributed by atoms with van der Waals surface area (Å²) in [6.07, 6.45) is 2.45. The monoisotopic (exact) mass is 374 g/mol. The SMILES string of the molecule is N#CC1=CC2(c3ccccc3)C(=O)N(Cc3ccc(F)cc3)CCC2CC1=O. The lowest BCUT2D eigenvalue weighted by Gasteiger charge is -2.47. The lowest BCUT2D eigenvalue weighted by molar-refractivity contribution is -0.143. The molecule has 1 aliphatic carbocycles. The Bertz CT molecular complexity index is 992. The Hall–Kier alpha value is -3.26. The van der Waals surface area contributed by atoms with E-state index in [0.717, 1.165) is 11.1 Å². The molecular weight excluding hydrogens is 355 g/mol. The number of hydrogen-bond acceptors (Lipinski definition) is 3. The number of Topliss-reactive ketones (excluding diaryl/α,β-unsaturated/α-hetero) is 1. The first kappa shape index (κ1) is 18.1. The van der Waals surface area contributed by atoms with E-state index in [1.54, 1.807) is 23.1 Å². The van der Waals surface area contributed by atoms with Gasteiger partial charge >= 0.3 is 0 Å². The number of nitrogens with zero attached hydrogens (tertiary/aromatic N) is 2. The summed E-state index contributed by atoms with van der Waals surface area (Å²) in [6.45, 7) is 0.891. The number of amides is 1. The standard InChI is InChI=1S/C23H19FN2O2/c24-20-8-6-16(7-9-20)15-26-11-10-19-12-21(27)17(14-25)13-23(19,22(26)28)18-4-2-1-3-5-18/h1-9,13,19H,10-12,15H2. The molecule has 2 unspecified atom stereocenters. The van der Waals surface area contributed by atoms with Crippen LogP contribution in [0, 0.1) is 23.1 Å². The van der Waals surface area contributed by atoms with Crippen LogP contribution in [0.4, 0.5) is 4.39 Å². The van der Waals surface area contributed by atoms with E-state index in [4.69, 9.17) is 0 Å². The van der Waals surface area contributed by atoms with Crippen molar-refractivity contribution < 1.29 is 14.0 Å². The second-order valence-electron chi connectivity index (χ2n) is 7.37. The minimum atomic E-state index is -1.02. The van der Waals surface area contributed by atoms with Gasteiger partial charge in [0.25, 0.3) is 0 Å². The van der Waals surface area contributed by atoms with Gasteiger partial charge in [0.15, 0.2) is 5.78 Å². The number of rotatable bonds is 3. The molecule has 1 amide bonds. The molecule has 4 rings (SSSR count). The number of allylic oxidation sites excluding steroid dienone is 1. The molecule has 0 saturated carbocycles. The smallest absolute Gasteiger partial charge is 0.237 e. The average Bonchev–Trinajstić information content (AvgIpc) is 2.72. The number of benzene rings is 2. The average molecular weight is 374 g/mol. The van der Waals surface area contributed by atoms with Gasteiger partial charge in [-0.2, -0.15) is 5.26 Å². The van der Waals surface area contributed by atoms with E-state index in [1.807, 2.05) is 36.4 Å². The van der Waals surface area contributed by atoms with E-state index >= 15 is 0 Å². The van der Waals surface area contributed by atoms with E-state index in [9.17, 15) is 19.2 Å². The highest BCUT2D eigenvalue weighted by molar-refractivity contribution is 6.04. The van der Waals surface area contributed by atoms with Crippen molar-refractivity contribution in [2.45, 2.75) is 24.8 Å². The Morgan fingerprint density at radius 2 is 1.82 bits per heavy atom. The van der Waals surface area contributed by atoms with E-state index in [-0.39, 0.29) is 35.4 Å². The zero-order valence-corrected chi connectivity index (χ0v) is 15.3. The molecular formula is C23H19FN2O2. The molecule has 2 aliphatic rings. The molecule has 2 aromatic carbocycles. The maximum atomic E-state index is 13.7. The Labute approximate surface area is 162 Å². The van der Waals surface area contributed by atoms with Gasteiger partial charge in [0.2, 0.25) is 5.91 Å². The molecule has 5 heteroatoms. The van der Waals surface area contributed by atoms with Crippen LogP contribution in [0.15, 0.2) is 66.2 Å². The van der Waals surface area contributed by atoms with Crippen molar-refractivity contribution in [1.29, 1.82) is 5.26 Å². The largest absolute Gasteiger partial charge is 0.337 e. The molecule has 0 bridgehead atoms. The Kier molecular flexibility index (Phi) is 4.56. The summed E-state index contributed by atoms with van der Waals surface area (Å²) in [5.74, 6) is -0.795. The molecule has 1 aliphatic heterocycles. The summed E-state index contributed by atoms with van der Waals surface area (Å²) < 4.78 is 13.2. The van der Waals surface area contributed by atoms with Crippen molar-refractivity contribution in [3.8, 4) is 6.07 Å². The molecule has 140 valence electrons. The van der Waals surface area contributed by atoms with Crippen molar-refractivity contribution in [2.24, 2.45) is 5.92 Å².